The number of hydrogen-bond acceptors (Lipinski definition) is 3. The van der Waals surface area contributed by atoms with Gasteiger partial charge in [0.1, 0.15) is 11.4 Å². The van der Waals surface area contributed by atoms with Gasteiger partial charge in [-0.15, -0.1) is 6.58 Å². The van der Waals surface area contributed by atoms with Crippen LogP contribution in [0.4, 0.5) is 4.39 Å². The molecule has 5 nitrogen and oxygen atoms in total. The second kappa shape index (κ2) is 5.48. The van der Waals surface area contributed by atoms with Gasteiger partial charge in [-0.25, -0.2) is 13.9 Å². The van der Waals surface area contributed by atoms with Crippen molar-refractivity contribution in [3.05, 3.63) is 64.7 Å². The zero-order valence-corrected chi connectivity index (χ0v) is 10.4. The van der Waals surface area contributed by atoms with Crippen LogP contribution in [0.1, 0.15) is 10.4 Å². The summed E-state index contributed by atoms with van der Waals surface area (Å²) >= 11 is 0. The minimum atomic E-state index is -1.33. The number of aromatic nitrogens is 2. The Balaban J connectivity index is 2.64. The van der Waals surface area contributed by atoms with Crippen molar-refractivity contribution in [2.45, 2.75) is 6.54 Å². The molecule has 102 valence electrons. The molecule has 0 radical (unpaired) electrons. The van der Waals surface area contributed by atoms with Gasteiger partial charge in [-0.05, 0) is 30.3 Å². The van der Waals surface area contributed by atoms with Crippen LogP contribution >= 0.6 is 0 Å². The number of allylic oxidation sites excluding steroid dienone is 1. The maximum atomic E-state index is 12.9. The summed E-state index contributed by atoms with van der Waals surface area (Å²) in [5.41, 5.74) is -0.292. The Bertz CT molecular complexity index is 720. The van der Waals surface area contributed by atoms with Crippen molar-refractivity contribution in [2.24, 2.45) is 0 Å². The molecule has 0 fully saturated rings. The lowest BCUT2D eigenvalue weighted by Gasteiger charge is -2.07. The Morgan fingerprint density at radius 2 is 2.05 bits per heavy atom. The maximum Gasteiger partial charge on any atom is 0.341 e. The van der Waals surface area contributed by atoms with Gasteiger partial charge >= 0.3 is 5.97 Å². The zero-order valence-electron chi connectivity index (χ0n) is 10.4. The van der Waals surface area contributed by atoms with E-state index in [4.69, 9.17) is 5.11 Å². The van der Waals surface area contributed by atoms with Gasteiger partial charge in [0.15, 0.2) is 0 Å². The third-order valence-electron chi connectivity index (χ3n) is 2.65. The lowest BCUT2D eigenvalue weighted by Crippen LogP contribution is -2.28. The highest BCUT2D eigenvalue weighted by Gasteiger charge is 2.14. The Labute approximate surface area is 113 Å². The topological polar surface area (TPSA) is 72.2 Å². The van der Waals surface area contributed by atoms with Gasteiger partial charge in [-0.3, -0.25) is 4.79 Å². The Morgan fingerprint density at radius 1 is 1.40 bits per heavy atom. The normalized spacial score (nSPS) is 10.2. The molecule has 0 saturated heterocycles. The van der Waals surface area contributed by atoms with Crippen LogP contribution in [0.15, 0.2) is 47.8 Å². The molecule has 0 unspecified atom stereocenters. The first-order valence-corrected chi connectivity index (χ1v) is 5.75. The van der Waals surface area contributed by atoms with Crippen molar-refractivity contribution >= 4 is 5.97 Å². The number of nitrogens with zero attached hydrogens (tertiary/aromatic N) is 2. The molecule has 0 aliphatic carbocycles. The zero-order chi connectivity index (χ0) is 14.7. The van der Waals surface area contributed by atoms with Crippen LogP contribution in [0.3, 0.4) is 0 Å². The van der Waals surface area contributed by atoms with Gasteiger partial charge in [0.05, 0.1) is 12.2 Å². The second-order valence-electron chi connectivity index (χ2n) is 4.03. The van der Waals surface area contributed by atoms with Crippen molar-refractivity contribution < 1.29 is 14.3 Å². The van der Waals surface area contributed by atoms with Gasteiger partial charge < -0.3 is 5.11 Å². The van der Waals surface area contributed by atoms with Gasteiger partial charge in [0.2, 0.25) is 0 Å². The van der Waals surface area contributed by atoms with Crippen LogP contribution in [-0.4, -0.2) is 20.9 Å². The first kappa shape index (κ1) is 13.7. The second-order valence-corrected chi connectivity index (χ2v) is 4.03. The number of carbonyl (C=O) groups is 1. The summed E-state index contributed by atoms with van der Waals surface area (Å²) in [4.78, 5) is 22.9. The minimum absolute atomic E-state index is 0.0914. The average molecular weight is 274 g/mol. The number of benzene rings is 1. The van der Waals surface area contributed by atoms with Crippen molar-refractivity contribution in [1.82, 2.24) is 9.78 Å². The molecule has 1 aromatic heterocycles. The predicted octanol–water partition coefficient (Wildman–Crippen LogP) is 1.93. The molecule has 0 spiro atoms. The van der Waals surface area contributed by atoms with Crippen LogP contribution in [0, 0.1) is 5.82 Å². The molecule has 0 aliphatic rings. The summed E-state index contributed by atoms with van der Waals surface area (Å²) in [6.45, 7) is 3.58. The van der Waals surface area contributed by atoms with E-state index < -0.39 is 17.3 Å². The highest BCUT2D eigenvalue weighted by molar-refractivity contribution is 5.88. The van der Waals surface area contributed by atoms with Crippen LogP contribution in [0.5, 0.6) is 0 Å². The van der Waals surface area contributed by atoms with E-state index >= 15 is 0 Å². The minimum Gasteiger partial charge on any atom is -0.477 e. The molecule has 0 bridgehead atoms. The van der Waals surface area contributed by atoms with Gasteiger partial charge in [-0.2, -0.15) is 5.10 Å². The van der Waals surface area contributed by atoms with Crippen LogP contribution < -0.4 is 5.56 Å². The number of rotatable bonds is 4. The van der Waals surface area contributed by atoms with Crippen LogP contribution in [-0.2, 0) is 6.54 Å². The van der Waals surface area contributed by atoms with E-state index in [9.17, 15) is 14.0 Å². The summed E-state index contributed by atoms with van der Waals surface area (Å²) < 4.78 is 13.9. The summed E-state index contributed by atoms with van der Waals surface area (Å²) in [5, 5.41) is 13.1. The average Bonchev–Trinajstić information content (AvgIpc) is 2.42. The largest absolute Gasteiger partial charge is 0.477 e. The van der Waals surface area contributed by atoms with Gasteiger partial charge in [0.25, 0.3) is 5.56 Å². The Morgan fingerprint density at radius 3 is 2.60 bits per heavy atom. The molecule has 1 N–H and O–H groups in total. The molecule has 0 atom stereocenters. The fourth-order valence-electron chi connectivity index (χ4n) is 1.70. The highest BCUT2D eigenvalue weighted by Crippen LogP contribution is 2.17. The molecule has 1 aromatic carbocycles. The number of halogens is 1. The molecule has 1 heterocycles. The lowest BCUT2D eigenvalue weighted by molar-refractivity contribution is 0.0694. The summed E-state index contributed by atoms with van der Waals surface area (Å²) in [6, 6.07) is 6.58. The molecular weight excluding hydrogens is 263 g/mol. The van der Waals surface area contributed by atoms with E-state index in [0.717, 1.165) is 4.68 Å². The maximum absolute atomic E-state index is 12.9. The van der Waals surface area contributed by atoms with Crippen molar-refractivity contribution in [3.8, 4) is 11.3 Å². The number of aromatic carboxylic acids is 1. The van der Waals surface area contributed by atoms with Crippen LogP contribution in [0.2, 0.25) is 0 Å². The summed E-state index contributed by atoms with van der Waals surface area (Å²) in [5.74, 6) is -1.75. The van der Waals surface area contributed by atoms with Crippen LogP contribution in [0.25, 0.3) is 11.3 Å². The fraction of sp³-hybridized carbons (Fsp3) is 0.0714. The first-order chi connectivity index (χ1) is 9.52. The monoisotopic (exact) mass is 274 g/mol. The SMILES string of the molecule is C=CCn1nc(-c2ccc(F)cc2)cc(C(=O)O)c1=O. The molecule has 2 rings (SSSR count). The van der Waals surface area contributed by atoms with E-state index in [0.29, 0.717) is 5.56 Å². The van der Waals surface area contributed by atoms with E-state index in [2.05, 4.69) is 11.7 Å². The number of hydrogen-bond donors (Lipinski definition) is 1. The van der Waals surface area contributed by atoms with Gasteiger partial charge in [0, 0.05) is 5.56 Å². The lowest BCUT2D eigenvalue weighted by atomic mass is 10.1. The van der Waals surface area contributed by atoms with Crippen molar-refractivity contribution in [1.29, 1.82) is 0 Å². The standard InChI is InChI=1S/C14H11FN2O3/c1-2-7-17-13(18)11(14(19)20)8-12(16-17)9-3-5-10(15)6-4-9/h2-6,8H,1,7H2,(H,19,20). The number of carboxylic acids is 1. The molecule has 20 heavy (non-hydrogen) atoms. The van der Waals surface area contributed by atoms with E-state index in [-0.39, 0.29) is 17.8 Å². The molecule has 0 amide bonds. The quantitative estimate of drug-likeness (QED) is 0.865. The van der Waals surface area contributed by atoms with E-state index in [1.807, 2.05) is 0 Å². The molecule has 2 aromatic rings. The van der Waals surface area contributed by atoms with Crippen molar-refractivity contribution in [3.63, 3.8) is 0 Å². The molecule has 6 heteroatoms. The van der Waals surface area contributed by atoms with Gasteiger partial charge in [-0.1, -0.05) is 6.08 Å². The predicted molar refractivity (Wildman–Crippen MR) is 71.0 cm³/mol. The van der Waals surface area contributed by atoms with E-state index in [1.54, 1.807) is 0 Å². The molecule has 0 saturated carbocycles. The molecule has 0 aliphatic heterocycles. The smallest absolute Gasteiger partial charge is 0.341 e. The highest BCUT2D eigenvalue weighted by atomic mass is 19.1. The Hall–Kier alpha value is -2.76. The van der Waals surface area contributed by atoms with Crippen molar-refractivity contribution in [2.75, 3.05) is 0 Å². The number of carboxylic acid groups (broad SMARTS) is 1. The Kier molecular flexibility index (Phi) is 3.74. The fourth-order valence-corrected chi connectivity index (χ4v) is 1.70. The van der Waals surface area contributed by atoms with E-state index in [1.165, 1.54) is 36.4 Å². The third kappa shape index (κ3) is 2.64. The third-order valence-corrected chi connectivity index (χ3v) is 2.65. The molecular formula is C14H11FN2O3. The first-order valence-electron chi connectivity index (χ1n) is 5.75. The summed E-state index contributed by atoms with van der Waals surface area (Å²) in [7, 11) is 0. The summed E-state index contributed by atoms with van der Waals surface area (Å²) in [6.07, 6.45) is 1.44.